The summed E-state index contributed by atoms with van der Waals surface area (Å²) in [5.41, 5.74) is 7.72. The second-order valence-corrected chi connectivity index (χ2v) is 12.8. The van der Waals surface area contributed by atoms with E-state index in [1.54, 1.807) is 0 Å². The van der Waals surface area contributed by atoms with Gasteiger partial charge in [0.25, 0.3) is 0 Å². The lowest BCUT2D eigenvalue weighted by Crippen LogP contribution is -2.30. The smallest absolute Gasteiger partial charge is 0.226 e. The minimum Gasteiger partial charge on any atom is -0.336 e. The Bertz CT molecular complexity index is 1550. The lowest BCUT2D eigenvalue weighted by atomic mass is 9.95. The molecule has 2 fully saturated rings. The van der Waals surface area contributed by atoms with Gasteiger partial charge in [0.2, 0.25) is 11.8 Å². The summed E-state index contributed by atoms with van der Waals surface area (Å²) in [6.07, 6.45) is 4.77. The van der Waals surface area contributed by atoms with E-state index in [9.17, 15) is 9.59 Å². The van der Waals surface area contributed by atoms with E-state index >= 15 is 0 Å². The van der Waals surface area contributed by atoms with Crippen molar-refractivity contribution in [3.63, 3.8) is 0 Å². The van der Waals surface area contributed by atoms with Crippen molar-refractivity contribution in [3.8, 4) is 0 Å². The average Bonchev–Trinajstić information content (AvgIpc) is 3.63. The molecule has 234 valence electrons. The lowest BCUT2D eigenvalue weighted by Gasteiger charge is -2.25. The highest BCUT2D eigenvalue weighted by Gasteiger charge is 2.35. The summed E-state index contributed by atoms with van der Waals surface area (Å²) in [5.74, 6) is 0.947. The predicted octanol–water partition coefficient (Wildman–Crippen LogP) is 8.68. The molecule has 2 aliphatic rings. The first-order chi connectivity index (χ1) is 21.8. The van der Waals surface area contributed by atoms with Crippen molar-refractivity contribution in [3.05, 3.63) is 143 Å². The van der Waals surface area contributed by atoms with E-state index in [2.05, 4.69) is 105 Å². The summed E-state index contributed by atoms with van der Waals surface area (Å²) >= 11 is 0. The number of rotatable bonds is 9. The van der Waals surface area contributed by atoms with E-state index < -0.39 is 0 Å². The normalized spacial score (nSPS) is 19.3. The summed E-state index contributed by atoms with van der Waals surface area (Å²) in [7, 11) is 0. The van der Waals surface area contributed by atoms with Crippen LogP contribution in [0.5, 0.6) is 0 Å². The Kier molecular flexibility index (Phi) is 10.9. The van der Waals surface area contributed by atoms with E-state index in [0.29, 0.717) is 11.8 Å². The quantitative estimate of drug-likeness (QED) is 0.193. The molecular formula is C41H48N2O2. The zero-order valence-corrected chi connectivity index (χ0v) is 27.4. The molecule has 0 saturated carbocycles. The number of benzene rings is 4. The highest BCUT2D eigenvalue weighted by atomic mass is 16.2. The van der Waals surface area contributed by atoms with Crippen molar-refractivity contribution < 1.29 is 9.59 Å². The topological polar surface area (TPSA) is 40.6 Å². The summed E-state index contributed by atoms with van der Waals surface area (Å²) in [6.45, 7) is 10.3. The first-order valence-electron chi connectivity index (χ1n) is 16.6. The Labute approximate surface area is 270 Å². The third kappa shape index (κ3) is 7.92. The van der Waals surface area contributed by atoms with Crippen LogP contribution in [0.3, 0.4) is 0 Å². The van der Waals surface area contributed by atoms with Crippen molar-refractivity contribution in [2.24, 2.45) is 11.8 Å². The van der Waals surface area contributed by atoms with Crippen molar-refractivity contribution in [2.45, 2.75) is 71.9 Å². The predicted molar refractivity (Wildman–Crippen MR) is 184 cm³/mol. The highest BCUT2D eigenvalue weighted by molar-refractivity contribution is 5.82. The van der Waals surface area contributed by atoms with E-state index in [4.69, 9.17) is 0 Å². The number of aryl methyl sites for hydroxylation is 3. The molecule has 0 bridgehead atoms. The molecule has 2 saturated heterocycles. The van der Waals surface area contributed by atoms with Gasteiger partial charge in [-0.25, -0.2) is 0 Å². The van der Waals surface area contributed by atoms with Crippen molar-refractivity contribution in [2.75, 3.05) is 13.1 Å². The zero-order valence-electron chi connectivity index (χ0n) is 27.4. The molecule has 0 aromatic heterocycles. The minimum absolute atomic E-state index is 0.132. The van der Waals surface area contributed by atoms with Gasteiger partial charge >= 0.3 is 0 Å². The van der Waals surface area contributed by atoms with E-state index in [0.717, 1.165) is 45.2 Å². The zero-order chi connectivity index (χ0) is 31.8. The van der Waals surface area contributed by atoms with Crippen LogP contribution in [0, 0.1) is 25.7 Å². The number of hydrogen-bond acceptors (Lipinski definition) is 2. The number of carbonyl (C=O) groups is 2. The summed E-state index contributed by atoms with van der Waals surface area (Å²) in [4.78, 5) is 29.6. The molecule has 2 aliphatic heterocycles. The van der Waals surface area contributed by atoms with Gasteiger partial charge in [0.05, 0.1) is 12.1 Å². The Morgan fingerprint density at radius 1 is 0.578 bits per heavy atom. The molecule has 0 spiro atoms. The Morgan fingerprint density at radius 3 is 1.51 bits per heavy atom. The molecule has 4 heteroatoms. The third-order valence-electron chi connectivity index (χ3n) is 9.95. The first kappa shape index (κ1) is 32.2. The van der Waals surface area contributed by atoms with Gasteiger partial charge in [0, 0.05) is 24.9 Å². The van der Waals surface area contributed by atoms with Crippen LogP contribution in [0.2, 0.25) is 0 Å². The number of hydrogen-bond donors (Lipinski definition) is 0. The summed E-state index contributed by atoms with van der Waals surface area (Å²) in [5, 5.41) is 0. The van der Waals surface area contributed by atoms with Gasteiger partial charge in [0.15, 0.2) is 0 Å². The Hall–Kier alpha value is -4.18. The number of amides is 2. The molecule has 2 amide bonds. The molecule has 0 unspecified atom stereocenters. The van der Waals surface area contributed by atoms with Gasteiger partial charge in [0.1, 0.15) is 0 Å². The Morgan fingerprint density at radius 2 is 1.00 bits per heavy atom. The van der Waals surface area contributed by atoms with Crippen LogP contribution < -0.4 is 0 Å². The molecular weight excluding hydrogens is 552 g/mol. The summed E-state index contributed by atoms with van der Waals surface area (Å²) < 4.78 is 0. The molecule has 4 aromatic rings. The molecule has 0 radical (unpaired) electrons. The number of carbonyl (C=O) groups excluding carboxylic acids is 2. The maximum Gasteiger partial charge on any atom is 0.226 e. The average molecular weight is 601 g/mol. The molecule has 2 heterocycles. The van der Waals surface area contributed by atoms with Gasteiger partial charge in [-0.15, -0.1) is 0 Å². The van der Waals surface area contributed by atoms with E-state index in [-0.39, 0.29) is 23.9 Å². The lowest BCUT2D eigenvalue weighted by molar-refractivity contribution is -0.133. The van der Waals surface area contributed by atoms with Gasteiger partial charge in [-0.3, -0.25) is 9.59 Å². The molecule has 6 rings (SSSR count). The maximum atomic E-state index is 12.8. The monoisotopic (exact) mass is 600 g/mol. The molecule has 0 aliphatic carbocycles. The highest BCUT2D eigenvalue weighted by Crippen LogP contribution is 2.32. The van der Waals surface area contributed by atoms with Gasteiger partial charge < -0.3 is 9.80 Å². The van der Waals surface area contributed by atoms with Gasteiger partial charge in [-0.2, -0.15) is 0 Å². The SMILES string of the molecule is Cc1ccccc1CC[C@H]1CCN([C@@H](C)c2ccccc2)C1=O.Cc1ccccc1C[C@@H]1CCN([C@@H](C)c2ccccc2)C1=O. The fraction of sp³-hybridized carbons (Fsp3) is 0.366. The molecule has 4 atom stereocenters. The second kappa shape index (κ2) is 15.2. The fourth-order valence-electron chi connectivity index (χ4n) is 6.90. The van der Waals surface area contributed by atoms with Crippen LogP contribution in [0.1, 0.15) is 78.6 Å². The standard InChI is InChI=1S/C21H25NO.C20H23NO/c1-16-8-6-7-9-18(16)12-13-20-14-15-22(21(20)23)17(2)19-10-4-3-5-11-19;1-15-8-6-7-11-18(15)14-19-12-13-21(20(19)22)16(2)17-9-4-3-5-10-17/h3-11,17,20H,12-15H2,1-2H3;3-11,16,19H,12-14H2,1-2H3/t17-,20-;16-,19-/m00/s1. The Balaban J connectivity index is 0.000000178. The fourth-order valence-corrected chi connectivity index (χ4v) is 6.90. The third-order valence-corrected chi connectivity index (χ3v) is 9.95. The number of likely N-dealkylation sites (tertiary alicyclic amines) is 2. The first-order valence-corrected chi connectivity index (χ1v) is 16.6. The summed E-state index contributed by atoms with van der Waals surface area (Å²) in [6, 6.07) is 37.8. The molecule has 45 heavy (non-hydrogen) atoms. The van der Waals surface area contributed by atoms with E-state index in [1.807, 2.05) is 41.3 Å². The van der Waals surface area contributed by atoms with Crippen LogP contribution in [0.25, 0.3) is 0 Å². The largest absolute Gasteiger partial charge is 0.336 e. The van der Waals surface area contributed by atoms with Crippen LogP contribution >= 0.6 is 0 Å². The van der Waals surface area contributed by atoms with Crippen LogP contribution in [-0.2, 0) is 22.4 Å². The minimum atomic E-state index is 0.132. The van der Waals surface area contributed by atoms with Crippen LogP contribution in [0.15, 0.2) is 109 Å². The van der Waals surface area contributed by atoms with E-state index in [1.165, 1.54) is 33.4 Å². The molecule has 0 N–H and O–H groups in total. The van der Waals surface area contributed by atoms with Crippen molar-refractivity contribution >= 4 is 11.8 Å². The molecule has 4 nitrogen and oxygen atoms in total. The molecule has 4 aromatic carbocycles. The second-order valence-electron chi connectivity index (χ2n) is 12.8. The van der Waals surface area contributed by atoms with Crippen molar-refractivity contribution in [1.29, 1.82) is 0 Å². The van der Waals surface area contributed by atoms with Crippen LogP contribution in [-0.4, -0.2) is 34.7 Å². The van der Waals surface area contributed by atoms with Crippen molar-refractivity contribution in [1.82, 2.24) is 9.80 Å². The number of nitrogens with zero attached hydrogens (tertiary/aromatic N) is 2. The van der Waals surface area contributed by atoms with Crippen LogP contribution in [0.4, 0.5) is 0 Å². The maximum absolute atomic E-state index is 12.8. The van der Waals surface area contributed by atoms with Gasteiger partial charge in [-0.1, -0.05) is 109 Å². The van der Waals surface area contributed by atoms with Gasteiger partial charge in [-0.05, 0) is 93.2 Å².